The van der Waals surface area contributed by atoms with Gasteiger partial charge in [0.25, 0.3) is 0 Å². The molecule has 3 heterocycles. The molecule has 1 amide bonds. The molecule has 1 saturated heterocycles. The summed E-state index contributed by atoms with van der Waals surface area (Å²) in [6, 6.07) is 3.96. The molecule has 0 saturated carbocycles. The molecule has 0 aliphatic carbocycles. The third kappa shape index (κ3) is 4.22. The molecular weight excluding hydrogens is 290 g/mol. The fraction of sp³-hybridized carbons (Fsp3) is 0.667. The second kappa shape index (κ2) is 7.77. The first-order chi connectivity index (χ1) is 11.3. The van der Waals surface area contributed by atoms with Gasteiger partial charge in [0.1, 0.15) is 0 Å². The number of amides is 1. The Hall–Kier alpha value is -1.62. The van der Waals surface area contributed by atoms with Crippen LogP contribution in [0.3, 0.4) is 0 Å². The van der Waals surface area contributed by atoms with Crippen molar-refractivity contribution in [2.45, 2.75) is 45.6 Å². The predicted molar refractivity (Wildman–Crippen MR) is 89.4 cm³/mol. The van der Waals surface area contributed by atoms with Gasteiger partial charge >= 0.3 is 0 Å². The minimum atomic E-state index is 0.256. The Labute approximate surface area is 138 Å². The van der Waals surface area contributed by atoms with Gasteiger partial charge in [0.15, 0.2) is 0 Å². The van der Waals surface area contributed by atoms with Crippen LogP contribution in [-0.4, -0.2) is 53.5 Å². The lowest BCUT2D eigenvalue weighted by atomic mass is 10.1. The number of carbonyl (C=O) groups is 1. The van der Waals surface area contributed by atoms with Crippen molar-refractivity contribution in [3.8, 4) is 5.88 Å². The van der Waals surface area contributed by atoms with E-state index in [1.54, 1.807) is 0 Å². The fourth-order valence-electron chi connectivity index (χ4n) is 3.42. The van der Waals surface area contributed by atoms with Gasteiger partial charge < -0.3 is 9.64 Å². The number of nitrogens with zero attached hydrogens (tertiary/aromatic N) is 3. The topological polar surface area (TPSA) is 45.7 Å². The van der Waals surface area contributed by atoms with Crippen molar-refractivity contribution in [1.29, 1.82) is 0 Å². The Morgan fingerprint density at radius 1 is 1.17 bits per heavy atom. The van der Waals surface area contributed by atoms with Crippen molar-refractivity contribution in [2.24, 2.45) is 0 Å². The van der Waals surface area contributed by atoms with Gasteiger partial charge in [-0.3, -0.25) is 9.69 Å². The Balaban J connectivity index is 1.58. The van der Waals surface area contributed by atoms with E-state index in [-0.39, 0.29) is 5.91 Å². The van der Waals surface area contributed by atoms with Gasteiger partial charge in [0, 0.05) is 25.6 Å². The number of carbonyl (C=O) groups excluding carboxylic acids is 1. The zero-order valence-electron chi connectivity index (χ0n) is 14.1. The average molecular weight is 317 g/mol. The predicted octanol–water partition coefficient (Wildman–Crippen LogP) is 2.24. The maximum Gasteiger partial charge on any atom is 0.237 e. The summed E-state index contributed by atoms with van der Waals surface area (Å²) in [5.41, 5.74) is 2.23. The van der Waals surface area contributed by atoms with Crippen molar-refractivity contribution in [3.63, 3.8) is 0 Å². The molecule has 3 rings (SSSR count). The summed E-state index contributed by atoms with van der Waals surface area (Å²) in [6.07, 6.45) is 5.87. The molecule has 1 fully saturated rings. The standard InChI is InChI=1S/C18H27N3O2/c1-2-23-17-8-7-15-13-21(12-9-16(15)19-17)18(22)14-20-10-5-3-4-6-11-20/h7-8H,2-6,9-14H2,1H3. The summed E-state index contributed by atoms with van der Waals surface area (Å²) in [7, 11) is 0. The summed E-state index contributed by atoms with van der Waals surface area (Å²) < 4.78 is 5.46. The van der Waals surface area contributed by atoms with Gasteiger partial charge in [-0.2, -0.15) is 0 Å². The van der Waals surface area contributed by atoms with E-state index in [4.69, 9.17) is 4.74 Å². The normalized spacial score (nSPS) is 19.1. The van der Waals surface area contributed by atoms with Crippen molar-refractivity contribution >= 4 is 5.91 Å². The van der Waals surface area contributed by atoms with Crippen molar-refractivity contribution in [1.82, 2.24) is 14.8 Å². The van der Waals surface area contributed by atoms with Gasteiger partial charge in [0.2, 0.25) is 11.8 Å². The van der Waals surface area contributed by atoms with Crippen LogP contribution in [0, 0.1) is 0 Å². The summed E-state index contributed by atoms with van der Waals surface area (Å²) in [5, 5.41) is 0. The summed E-state index contributed by atoms with van der Waals surface area (Å²) >= 11 is 0. The minimum Gasteiger partial charge on any atom is -0.478 e. The monoisotopic (exact) mass is 317 g/mol. The van der Waals surface area contributed by atoms with Crippen LogP contribution in [0.4, 0.5) is 0 Å². The quantitative estimate of drug-likeness (QED) is 0.854. The number of hydrogen-bond acceptors (Lipinski definition) is 4. The van der Waals surface area contributed by atoms with Crippen molar-refractivity contribution < 1.29 is 9.53 Å². The van der Waals surface area contributed by atoms with E-state index in [0.717, 1.165) is 37.3 Å². The Morgan fingerprint density at radius 3 is 2.70 bits per heavy atom. The van der Waals surface area contributed by atoms with Crippen LogP contribution in [0.2, 0.25) is 0 Å². The molecule has 0 atom stereocenters. The molecular formula is C18H27N3O2. The van der Waals surface area contributed by atoms with Crippen LogP contribution in [0.15, 0.2) is 12.1 Å². The maximum atomic E-state index is 12.6. The summed E-state index contributed by atoms with van der Waals surface area (Å²) in [6.45, 7) is 6.74. The van der Waals surface area contributed by atoms with E-state index in [2.05, 4.69) is 16.0 Å². The highest BCUT2D eigenvalue weighted by Gasteiger charge is 2.23. The minimum absolute atomic E-state index is 0.256. The van der Waals surface area contributed by atoms with Crippen LogP contribution in [0.25, 0.3) is 0 Å². The number of pyridine rings is 1. The molecule has 1 aromatic heterocycles. The van der Waals surface area contributed by atoms with Gasteiger partial charge in [-0.05, 0) is 38.4 Å². The van der Waals surface area contributed by atoms with Crippen LogP contribution < -0.4 is 4.74 Å². The van der Waals surface area contributed by atoms with E-state index in [0.29, 0.717) is 25.6 Å². The second-order valence-corrected chi connectivity index (χ2v) is 6.44. The van der Waals surface area contributed by atoms with Gasteiger partial charge in [0.05, 0.1) is 18.8 Å². The van der Waals surface area contributed by atoms with E-state index in [1.165, 1.54) is 25.7 Å². The molecule has 2 aliphatic heterocycles. The Bertz CT molecular complexity index is 539. The molecule has 0 bridgehead atoms. The van der Waals surface area contributed by atoms with E-state index in [9.17, 15) is 4.79 Å². The number of rotatable bonds is 4. The molecule has 2 aliphatic rings. The van der Waals surface area contributed by atoms with Gasteiger partial charge in [-0.1, -0.05) is 18.9 Å². The van der Waals surface area contributed by atoms with E-state index >= 15 is 0 Å². The van der Waals surface area contributed by atoms with Crippen LogP contribution >= 0.6 is 0 Å². The number of fused-ring (bicyclic) bond motifs is 1. The Morgan fingerprint density at radius 2 is 1.96 bits per heavy atom. The lowest BCUT2D eigenvalue weighted by Crippen LogP contribution is -2.43. The van der Waals surface area contributed by atoms with E-state index in [1.807, 2.05) is 17.9 Å². The van der Waals surface area contributed by atoms with Crippen LogP contribution in [0.1, 0.15) is 43.9 Å². The third-order valence-corrected chi connectivity index (χ3v) is 4.73. The summed E-state index contributed by atoms with van der Waals surface area (Å²) in [4.78, 5) is 21.5. The number of ether oxygens (including phenoxy) is 1. The summed E-state index contributed by atoms with van der Waals surface area (Å²) in [5.74, 6) is 0.946. The lowest BCUT2D eigenvalue weighted by molar-refractivity contribution is -0.133. The van der Waals surface area contributed by atoms with Gasteiger partial charge in [-0.25, -0.2) is 4.98 Å². The number of hydrogen-bond donors (Lipinski definition) is 0. The lowest BCUT2D eigenvalue weighted by Gasteiger charge is -2.30. The Kier molecular flexibility index (Phi) is 5.49. The smallest absolute Gasteiger partial charge is 0.237 e. The van der Waals surface area contributed by atoms with Crippen molar-refractivity contribution in [2.75, 3.05) is 32.8 Å². The number of aromatic nitrogens is 1. The molecule has 126 valence electrons. The molecule has 0 radical (unpaired) electrons. The molecule has 1 aromatic rings. The SMILES string of the molecule is CCOc1ccc2c(n1)CCN(C(=O)CN1CCCCCC1)C2. The molecule has 5 nitrogen and oxygen atoms in total. The molecule has 0 aromatic carbocycles. The van der Waals surface area contributed by atoms with Crippen LogP contribution in [0.5, 0.6) is 5.88 Å². The highest BCUT2D eigenvalue weighted by molar-refractivity contribution is 5.78. The van der Waals surface area contributed by atoms with E-state index < -0.39 is 0 Å². The zero-order valence-corrected chi connectivity index (χ0v) is 14.1. The third-order valence-electron chi connectivity index (χ3n) is 4.73. The molecule has 0 unspecified atom stereocenters. The fourth-order valence-corrected chi connectivity index (χ4v) is 3.42. The average Bonchev–Trinajstić information content (AvgIpc) is 2.83. The first-order valence-corrected chi connectivity index (χ1v) is 8.88. The molecule has 0 N–H and O–H groups in total. The number of likely N-dealkylation sites (tertiary alicyclic amines) is 1. The van der Waals surface area contributed by atoms with Crippen molar-refractivity contribution in [3.05, 3.63) is 23.4 Å². The highest BCUT2D eigenvalue weighted by Crippen LogP contribution is 2.21. The van der Waals surface area contributed by atoms with Gasteiger partial charge in [-0.15, -0.1) is 0 Å². The largest absolute Gasteiger partial charge is 0.478 e. The first kappa shape index (κ1) is 16.2. The van der Waals surface area contributed by atoms with Crippen LogP contribution in [-0.2, 0) is 17.8 Å². The second-order valence-electron chi connectivity index (χ2n) is 6.44. The molecule has 5 heteroatoms. The zero-order chi connectivity index (χ0) is 16.1. The first-order valence-electron chi connectivity index (χ1n) is 8.88. The maximum absolute atomic E-state index is 12.6. The molecule has 0 spiro atoms. The highest BCUT2D eigenvalue weighted by atomic mass is 16.5. The molecule has 23 heavy (non-hydrogen) atoms.